The third kappa shape index (κ3) is 4.81. The van der Waals surface area contributed by atoms with Gasteiger partial charge in [0.25, 0.3) is 0 Å². The van der Waals surface area contributed by atoms with Crippen molar-refractivity contribution in [3.8, 4) is 11.8 Å². The number of benzene rings is 1. The Hall–Kier alpha value is -1.42. The molecule has 0 fully saturated rings. The fourth-order valence-corrected chi connectivity index (χ4v) is 3.06. The summed E-state index contributed by atoms with van der Waals surface area (Å²) < 4.78 is 40.8. The molecule has 0 aromatic heterocycles. The summed E-state index contributed by atoms with van der Waals surface area (Å²) >= 11 is 0. The lowest BCUT2D eigenvalue weighted by atomic mass is 10.0. The zero-order chi connectivity index (χ0) is 16.0. The van der Waals surface area contributed by atoms with Gasteiger partial charge in [-0.3, -0.25) is 0 Å². The smallest absolute Gasteiger partial charge is 0.240 e. The minimum Gasteiger partial charge on any atom is -0.320 e. The summed E-state index contributed by atoms with van der Waals surface area (Å²) in [4.78, 5) is -0.103. The molecule has 0 bridgehead atoms. The lowest BCUT2D eigenvalue weighted by molar-refractivity contribution is 0.434. The van der Waals surface area contributed by atoms with E-state index < -0.39 is 15.8 Å². The number of rotatable bonds is 5. The molecule has 6 heteroatoms. The first-order chi connectivity index (χ1) is 9.81. The van der Waals surface area contributed by atoms with E-state index in [0.29, 0.717) is 0 Å². The normalized spacial score (nSPS) is 14.1. The van der Waals surface area contributed by atoms with E-state index in [2.05, 4.69) is 16.6 Å². The predicted octanol–water partition coefficient (Wildman–Crippen LogP) is 1.85. The first kappa shape index (κ1) is 17.6. The van der Waals surface area contributed by atoms with E-state index in [-0.39, 0.29) is 29.0 Å². The molecule has 0 saturated heterocycles. The molecule has 0 aliphatic carbocycles. The highest BCUT2D eigenvalue weighted by Gasteiger charge is 2.21. The van der Waals surface area contributed by atoms with Crippen molar-refractivity contribution in [1.82, 2.24) is 4.72 Å². The summed E-state index contributed by atoms with van der Waals surface area (Å²) in [6, 6.07) is 3.45. The van der Waals surface area contributed by atoms with Gasteiger partial charge in [-0.05, 0) is 31.0 Å². The van der Waals surface area contributed by atoms with Gasteiger partial charge in [0.15, 0.2) is 0 Å². The molecule has 2 unspecified atom stereocenters. The monoisotopic (exact) mass is 312 g/mol. The Morgan fingerprint density at radius 2 is 2.05 bits per heavy atom. The largest absolute Gasteiger partial charge is 0.320 e. The van der Waals surface area contributed by atoms with Crippen LogP contribution < -0.4 is 10.5 Å². The minimum atomic E-state index is -3.74. The van der Waals surface area contributed by atoms with E-state index in [4.69, 9.17) is 5.73 Å². The van der Waals surface area contributed by atoms with Crippen LogP contribution in [-0.2, 0) is 10.0 Å². The summed E-state index contributed by atoms with van der Waals surface area (Å²) in [5, 5.41) is 0. The molecule has 0 radical (unpaired) electrons. The molecule has 21 heavy (non-hydrogen) atoms. The van der Waals surface area contributed by atoms with Crippen molar-refractivity contribution < 1.29 is 12.8 Å². The SMILES string of the molecule is CCC(C)C(C)NS(=O)(=O)c1ccc(C#CCN)c(F)c1. The predicted molar refractivity (Wildman–Crippen MR) is 81.6 cm³/mol. The molecule has 3 N–H and O–H groups in total. The number of hydrogen-bond donors (Lipinski definition) is 2. The van der Waals surface area contributed by atoms with Gasteiger partial charge in [0.05, 0.1) is 17.0 Å². The summed E-state index contributed by atoms with van der Waals surface area (Å²) in [7, 11) is -3.74. The molecule has 1 aromatic carbocycles. The molecule has 2 atom stereocenters. The Bertz CT molecular complexity index is 647. The third-order valence-corrected chi connectivity index (χ3v) is 4.97. The first-order valence-corrected chi connectivity index (χ1v) is 8.31. The summed E-state index contributed by atoms with van der Waals surface area (Å²) in [6.45, 7) is 5.86. The highest BCUT2D eigenvalue weighted by Crippen LogP contribution is 2.16. The van der Waals surface area contributed by atoms with Crippen LogP contribution in [0.5, 0.6) is 0 Å². The van der Waals surface area contributed by atoms with Crippen LogP contribution in [0.3, 0.4) is 0 Å². The number of nitrogens with two attached hydrogens (primary N) is 1. The zero-order valence-corrected chi connectivity index (χ0v) is 13.3. The van der Waals surface area contributed by atoms with Crippen LogP contribution in [0, 0.1) is 23.6 Å². The molecule has 4 nitrogen and oxygen atoms in total. The molecule has 0 saturated carbocycles. The third-order valence-electron chi connectivity index (χ3n) is 3.41. The molecule has 0 aliphatic heterocycles. The van der Waals surface area contributed by atoms with Crippen LogP contribution in [-0.4, -0.2) is 21.0 Å². The van der Waals surface area contributed by atoms with Gasteiger partial charge in [-0.1, -0.05) is 32.1 Å². The van der Waals surface area contributed by atoms with Crippen LogP contribution in [0.2, 0.25) is 0 Å². The fraction of sp³-hybridized carbons (Fsp3) is 0.467. The maximum Gasteiger partial charge on any atom is 0.240 e. The number of nitrogens with one attached hydrogen (secondary N) is 1. The van der Waals surface area contributed by atoms with Crippen molar-refractivity contribution in [3.63, 3.8) is 0 Å². The van der Waals surface area contributed by atoms with Crippen LogP contribution in [0.15, 0.2) is 23.1 Å². The lowest BCUT2D eigenvalue weighted by Crippen LogP contribution is -2.36. The van der Waals surface area contributed by atoms with Crippen molar-refractivity contribution >= 4 is 10.0 Å². The van der Waals surface area contributed by atoms with E-state index in [1.54, 1.807) is 6.92 Å². The average molecular weight is 312 g/mol. The van der Waals surface area contributed by atoms with Crippen molar-refractivity contribution in [3.05, 3.63) is 29.6 Å². The Kier molecular flexibility index (Phi) is 6.34. The summed E-state index contributed by atoms with van der Waals surface area (Å²) in [5.41, 5.74) is 5.35. The molecule has 1 rings (SSSR count). The van der Waals surface area contributed by atoms with E-state index in [1.165, 1.54) is 12.1 Å². The minimum absolute atomic E-state index is 0.103. The second-order valence-corrected chi connectivity index (χ2v) is 6.66. The van der Waals surface area contributed by atoms with Crippen LogP contribution >= 0.6 is 0 Å². The molecular formula is C15H21FN2O2S. The molecule has 0 spiro atoms. The standard InChI is InChI=1S/C15H21FN2O2S/c1-4-11(2)12(3)18-21(19,20)14-8-7-13(6-5-9-17)15(16)10-14/h7-8,10-12,18H,4,9,17H2,1-3H3. The van der Waals surface area contributed by atoms with Gasteiger partial charge in [-0.15, -0.1) is 0 Å². The van der Waals surface area contributed by atoms with Gasteiger partial charge < -0.3 is 5.73 Å². The molecule has 1 aromatic rings. The second-order valence-electron chi connectivity index (χ2n) is 4.94. The first-order valence-electron chi connectivity index (χ1n) is 6.82. The van der Waals surface area contributed by atoms with Gasteiger partial charge in [0, 0.05) is 6.04 Å². The number of sulfonamides is 1. The van der Waals surface area contributed by atoms with Gasteiger partial charge in [-0.2, -0.15) is 0 Å². The Balaban J connectivity index is 3.02. The molecule has 0 amide bonds. The van der Waals surface area contributed by atoms with Gasteiger partial charge in [0.2, 0.25) is 10.0 Å². The maximum atomic E-state index is 13.8. The Morgan fingerprint density at radius 1 is 1.38 bits per heavy atom. The van der Waals surface area contributed by atoms with Crippen molar-refractivity contribution in [2.45, 2.75) is 38.1 Å². The van der Waals surface area contributed by atoms with Crippen molar-refractivity contribution in [2.75, 3.05) is 6.54 Å². The quantitative estimate of drug-likeness (QED) is 0.815. The van der Waals surface area contributed by atoms with Crippen LogP contribution in [0.25, 0.3) is 0 Å². The average Bonchev–Trinajstić information content (AvgIpc) is 2.44. The maximum absolute atomic E-state index is 13.8. The Morgan fingerprint density at radius 3 is 2.57 bits per heavy atom. The van der Waals surface area contributed by atoms with Gasteiger partial charge >= 0.3 is 0 Å². The number of halogens is 1. The molecule has 0 aliphatic rings. The highest BCUT2D eigenvalue weighted by molar-refractivity contribution is 7.89. The van der Waals surface area contributed by atoms with Crippen LogP contribution in [0.4, 0.5) is 4.39 Å². The molecular weight excluding hydrogens is 291 g/mol. The number of hydrogen-bond acceptors (Lipinski definition) is 3. The van der Waals surface area contributed by atoms with Gasteiger partial charge in [0.1, 0.15) is 5.82 Å². The van der Waals surface area contributed by atoms with E-state index >= 15 is 0 Å². The second kappa shape index (κ2) is 7.55. The summed E-state index contributed by atoms with van der Waals surface area (Å²) in [6.07, 6.45) is 0.853. The highest BCUT2D eigenvalue weighted by atomic mass is 32.2. The van der Waals surface area contributed by atoms with Crippen molar-refractivity contribution in [2.24, 2.45) is 11.7 Å². The summed E-state index contributed by atoms with van der Waals surface area (Å²) in [5.74, 6) is 4.61. The zero-order valence-electron chi connectivity index (χ0n) is 12.5. The fourth-order valence-electron chi connectivity index (χ4n) is 1.69. The van der Waals surface area contributed by atoms with Crippen LogP contribution in [0.1, 0.15) is 32.8 Å². The molecule has 0 heterocycles. The van der Waals surface area contributed by atoms with E-state index in [0.717, 1.165) is 12.5 Å². The van der Waals surface area contributed by atoms with E-state index in [9.17, 15) is 12.8 Å². The Labute approximate surface area is 126 Å². The van der Waals surface area contributed by atoms with E-state index in [1.807, 2.05) is 13.8 Å². The lowest BCUT2D eigenvalue weighted by Gasteiger charge is -2.19. The van der Waals surface area contributed by atoms with Crippen molar-refractivity contribution in [1.29, 1.82) is 0 Å². The topological polar surface area (TPSA) is 72.2 Å². The molecule has 116 valence electrons. The van der Waals surface area contributed by atoms with Gasteiger partial charge in [-0.25, -0.2) is 17.5 Å².